The number of aromatic nitrogens is 4. The summed E-state index contributed by atoms with van der Waals surface area (Å²) in [7, 11) is 0. The molecular weight excluding hydrogens is 262 g/mol. The van der Waals surface area contributed by atoms with Gasteiger partial charge in [0.25, 0.3) is 5.56 Å². The van der Waals surface area contributed by atoms with Crippen molar-refractivity contribution in [2.75, 3.05) is 18.9 Å². The summed E-state index contributed by atoms with van der Waals surface area (Å²) in [6.45, 7) is 7.01. The maximum Gasteiger partial charge on any atom is 0.280 e. The maximum atomic E-state index is 11.7. The number of anilines is 1. The molecule has 0 saturated carbocycles. The lowest BCUT2D eigenvalue weighted by atomic mass is 10.3. The molecule has 2 aromatic heterocycles. The second kappa shape index (κ2) is 5.59. The fraction of sp³-hybridized carbons (Fsp3) is 0.583. The van der Waals surface area contributed by atoms with Crippen LogP contribution in [0.1, 0.15) is 20.8 Å². The molecule has 2 rings (SSSR count). The summed E-state index contributed by atoms with van der Waals surface area (Å²) >= 11 is 0. The predicted octanol–water partition coefficient (Wildman–Crippen LogP) is 0.491. The van der Waals surface area contributed by atoms with Gasteiger partial charge in [0.15, 0.2) is 17.0 Å². The quantitative estimate of drug-likeness (QED) is 0.746. The van der Waals surface area contributed by atoms with Gasteiger partial charge in [0, 0.05) is 13.2 Å². The third kappa shape index (κ3) is 2.81. The third-order valence-electron chi connectivity index (χ3n) is 2.85. The highest BCUT2D eigenvalue weighted by atomic mass is 16.7. The third-order valence-corrected chi connectivity index (χ3v) is 2.85. The van der Waals surface area contributed by atoms with Gasteiger partial charge in [-0.05, 0) is 20.8 Å². The summed E-state index contributed by atoms with van der Waals surface area (Å²) in [5.74, 6) is -0.755. The van der Waals surface area contributed by atoms with Gasteiger partial charge in [-0.1, -0.05) is 0 Å². The zero-order chi connectivity index (χ0) is 14.8. The number of fused-ring (bicyclic) bond motifs is 1. The summed E-state index contributed by atoms with van der Waals surface area (Å²) in [5.41, 5.74) is 5.86. The summed E-state index contributed by atoms with van der Waals surface area (Å²) < 4.78 is 13.0. The first-order valence-electron chi connectivity index (χ1n) is 6.47. The van der Waals surface area contributed by atoms with Crippen molar-refractivity contribution in [2.24, 2.45) is 0 Å². The zero-order valence-corrected chi connectivity index (χ0v) is 11.8. The number of aromatic amines is 1. The van der Waals surface area contributed by atoms with E-state index in [1.54, 1.807) is 4.57 Å². The van der Waals surface area contributed by atoms with E-state index in [0.717, 1.165) is 0 Å². The molecule has 2 aromatic rings. The van der Waals surface area contributed by atoms with Gasteiger partial charge in [0.2, 0.25) is 5.95 Å². The molecule has 8 nitrogen and oxygen atoms in total. The Balaban J connectivity index is 2.40. The van der Waals surface area contributed by atoms with Gasteiger partial charge < -0.3 is 19.8 Å². The van der Waals surface area contributed by atoms with Crippen LogP contribution in [0.2, 0.25) is 0 Å². The highest BCUT2D eigenvalue weighted by Gasteiger charge is 2.27. The zero-order valence-electron chi connectivity index (χ0n) is 11.8. The molecule has 20 heavy (non-hydrogen) atoms. The number of hydrogen-bond acceptors (Lipinski definition) is 6. The monoisotopic (exact) mass is 281 g/mol. The summed E-state index contributed by atoms with van der Waals surface area (Å²) in [6.07, 6.45) is 1.53. The van der Waals surface area contributed by atoms with E-state index in [2.05, 4.69) is 15.0 Å². The lowest BCUT2D eigenvalue weighted by Crippen LogP contribution is -2.37. The van der Waals surface area contributed by atoms with E-state index in [0.29, 0.717) is 25.4 Å². The van der Waals surface area contributed by atoms with E-state index in [9.17, 15) is 4.79 Å². The minimum atomic E-state index is -0.809. The van der Waals surface area contributed by atoms with E-state index < -0.39 is 5.79 Å². The number of nitrogens with one attached hydrogen (secondary N) is 1. The van der Waals surface area contributed by atoms with Gasteiger partial charge in [-0.3, -0.25) is 9.78 Å². The molecule has 0 fully saturated rings. The summed E-state index contributed by atoms with van der Waals surface area (Å²) in [6, 6.07) is 0. The van der Waals surface area contributed by atoms with Crippen molar-refractivity contribution < 1.29 is 9.47 Å². The highest BCUT2D eigenvalue weighted by molar-refractivity contribution is 5.70. The number of nitrogen functional groups attached to an aromatic ring is 1. The van der Waals surface area contributed by atoms with Crippen molar-refractivity contribution in [1.29, 1.82) is 0 Å². The van der Waals surface area contributed by atoms with Crippen molar-refractivity contribution in [1.82, 2.24) is 19.5 Å². The van der Waals surface area contributed by atoms with Crippen LogP contribution in [0.4, 0.5) is 5.95 Å². The van der Waals surface area contributed by atoms with E-state index in [4.69, 9.17) is 15.2 Å². The number of nitrogens with two attached hydrogens (primary N) is 1. The van der Waals surface area contributed by atoms with Crippen LogP contribution in [0.5, 0.6) is 0 Å². The molecule has 0 aliphatic heterocycles. The fourth-order valence-electron chi connectivity index (χ4n) is 2.14. The first-order chi connectivity index (χ1) is 9.49. The average Bonchev–Trinajstić information content (AvgIpc) is 2.73. The van der Waals surface area contributed by atoms with Crippen LogP contribution in [0.25, 0.3) is 11.2 Å². The molecule has 0 spiro atoms. The number of nitrogens with zero attached hydrogens (tertiary/aromatic N) is 3. The van der Waals surface area contributed by atoms with Crippen molar-refractivity contribution in [3.8, 4) is 0 Å². The lowest BCUT2D eigenvalue weighted by Gasteiger charge is -2.29. The summed E-state index contributed by atoms with van der Waals surface area (Å²) in [5, 5.41) is 0. The van der Waals surface area contributed by atoms with Crippen LogP contribution >= 0.6 is 0 Å². The van der Waals surface area contributed by atoms with Gasteiger partial charge in [0.05, 0.1) is 12.9 Å². The van der Waals surface area contributed by atoms with Gasteiger partial charge in [0.1, 0.15) is 0 Å². The molecular formula is C12H19N5O3. The Morgan fingerprint density at radius 1 is 1.40 bits per heavy atom. The molecule has 0 bridgehead atoms. The molecule has 0 aromatic carbocycles. The number of ether oxygens (including phenoxy) is 2. The minimum Gasteiger partial charge on any atom is -0.369 e. The molecule has 110 valence electrons. The molecule has 0 aliphatic rings. The molecule has 8 heteroatoms. The van der Waals surface area contributed by atoms with Gasteiger partial charge in [-0.25, -0.2) is 4.98 Å². The van der Waals surface area contributed by atoms with Crippen molar-refractivity contribution >= 4 is 17.1 Å². The fourth-order valence-corrected chi connectivity index (χ4v) is 2.14. The van der Waals surface area contributed by atoms with Crippen molar-refractivity contribution in [3.63, 3.8) is 0 Å². The second-order valence-corrected chi connectivity index (χ2v) is 4.50. The second-order valence-electron chi connectivity index (χ2n) is 4.50. The molecule has 3 N–H and O–H groups in total. The Bertz CT molecular complexity index is 642. The average molecular weight is 281 g/mol. The van der Waals surface area contributed by atoms with Crippen LogP contribution in [-0.4, -0.2) is 38.5 Å². The Morgan fingerprint density at radius 3 is 2.65 bits per heavy atom. The lowest BCUT2D eigenvalue weighted by molar-refractivity contribution is -0.228. The number of imidazole rings is 1. The van der Waals surface area contributed by atoms with E-state index in [1.165, 1.54) is 6.33 Å². The van der Waals surface area contributed by atoms with Crippen LogP contribution in [0.15, 0.2) is 11.1 Å². The maximum absolute atomic E-state index is 11.7. The van der Waals surface area contributed by atoms with E-state index >= 15 is 0 Å². The van der Waals surface area contributed by atoms with Gasteiger partial charge in [-0.2, -0.15) is 4.98 Å². The Morgan fingerprint density at radius 2 is 2.05 bits per heavy atom. The Labute approximate surface area is 115 Å². The van der Waals surface area contributed by atoms with Crippen LogP contribution in [-0.2, 0) is 16.0 Å². The highest BCUT2D eigenvalue weighted by Crippen LogP contribution is 2.18. The standard InChI is InChI=1S/C12H19N5O3/c1-4-19-12(3,20-5-2)6-17-7-14-8-9(17)15-11(13)16-10(8)18/h7H,4-6H2,1-3H3,(H3,13,15,16,18). The molecule has 0 amide bonds. The predicted molar refractivity (Wildman–Crippen MR) is 74.2 cm³/mol. The number of H-pyrrole nitrogens is 1. The van der Waals surface area contributed by atoms with Crippen LogP contribution < -0.4 is 11.3 Å². The molecule has 2 heterocycles. The summed E-state index contributed by atoms with van der Waals surface area (Å²) in [4.78, 5) is 22.3. The first-order valence-corrected chi connectivity index (χ1v) is 6.47. The van der Waals surface area contributed by atoms with Crippen LogP contribution in [0, 0.1) is 0 Å². The molecule has 0 aliphatic carbocycles. The van der Waals surface area contributed by atoms with Crippen LogP contribution in [0.3, 0.4) is 0 Å². The Kier molecular flexibility index (Phi) is 4.05. The Hall–Kier alpha value is -1.93. The molecule has 0 saturated heterocycles. The minimum absolute atomic E-state index is 0.0544. The van der Waals surface area contributed by atoms with Gasteiger partial charge >= 0.3 is 0 Å². The molecule has 0 unspecified atom stereocenters. The molecule has 0 radical (unpaired) electrons. The van der Waals surface area contributed by atoms with Crippen molar-refractivity contribution in [3.05, 3.63) is 16.7 Å². The van der Waals surface area contributed by atoms with E-state index in [1.807, 2.05) is 20.8 Å². The number of hydrogen-bond donors (Lipinski definition) is 2. The topological polar surface area (TPSA) is 108 Å². The molecule has 0 atom stereocenters. The van der Waals surface area contributed by atoms with E-state index in [-0.39, 0.29) is 17.0 Å². The first kappa shape index (κ1) is 14.5. The van der Waals surface area contributed by atoms with Crippen molar-refractivity contribution in [2.45, 2.75) is 33.1 Å². The van der Waals surface area contributed by atoms with Gasteiger partial charge in [-0.15, -0.1) is 0 Å². The SMILES string of the molecule is CCOC(C)(Cn1cnc2c(=O)[nH]c(N)nc21)OCC. The number of rotatable bonds is 6. The smallest absolute Gasteiger partial charge is 0.280 e. The largest absolute Gasteiger partial charge is 0.369 e. The normalized spacial score (nSPS) is 12.2.